The van der Waals surface area contributed by atoms with Crippen LogP contribution in [0.15, 0.2) is 59.1 Å². The van der Waals surface area contributed by atoms with Gasteiger partial charge in [0.05, 0.1) is 6.54 Å². The lowest BCUT2D eigenvalue weighted by Gasteiger charge is -2.18. The highest BCUT2D eigenvalue weighted by atomic mass is 16.5. The fourth-order valence-electron chi connectivity index (χ4n) is 4.20. The lowest BCUT2D eigenvalue weighted by Crippen LogP contribution is -2.49. The van der Waals surface area contributed by atoms with Crippen molar-refractivity contribution in [3.63, 3.8) is 0 Å². The van der Waals surface area contributed by atoms with E-state index in [1.807, 2.05) is 36.4 Å². The van der Waals surface area contributed by atoms with E-state index in [2.05, 4.69) is 27.9 Å². The SMILES string of the molecule is O=C(NC1(C(=O)NCc2cc(C(=O)O)no2)CC1)OCC1c2ccccc2-c2ccccc21. The van der Waals surface area contributed by atoms with Gasteiger partial charge in [-0.2, -0.15) is 0 Å². The van der Waals surface area contributed by atoms with Crippen molar-refractivity contribution in [2.75, 3.05) is 6.61 Å². The summed E-state index contributed by atoms with van der Waals surface area (Å²) in [6.45, 7) is 0.126. The molecule has 1 heterocycles. The predicted molar refractivity (Wildman–Crippen MR) is 115 cm³/mol. The summed E-state index contributed by atoms with van der Waals surface area (Å²) < 4.78 is 10.4. The quantitative estimate of drug-likeness (QED) is 0.507. The molecule has 0 radical (unpaired) electrons. The first-order chi connectivity index (χ1) is 16.0. The maximum Gasteiger partial charge on any atom is 0.408 e. The van der Waals surface area contributed by atoms with Crippen molar-refractivity contribution in [3.8, 4) is 11.1 Å². The van der Waals surface area contributed by atoms with Crippen LogP contribution in [0.25, 0.3) is 11.1 Å². The maximum absolute atomic E-state index is 12.6. The molecule has 0 aliphatic heterocycles. The van der Waals surface area contributed by atoms with Crippen molar-refractivity contribution in [3.05, 3.63) is 77.2 Å². The number of ether oxygens (including phenoxy) is 1. The highest BCUT2D eigenvalue weighted by Gasteiger charge is 2.51. The number of hydrogen-bond acceptors (Lipinski definition) is 6. The number of carbonyl (C=O) groups excluding carboxylic acids is 2. The molecule has 0 saturated heterocycles. The minimum Gasteiger partial charge on any atom is -0.476 e. The maximum atomic E-state index is 12.6. The highest BCUT2D eigenvalue weighted by molar-refractivity contribution is 5.92. The molecule has 0 spiro atoms. The summed E-state index contributed by atoms with van der Waals surface area (Å²) in [5, 5.41) is 17.6. The van der Waals surface area contributed by atoms with Crippen molar-refractivity contribution in [2.24, 2.45) is 0 Å². The number of carbonyl (C=O) groups is 3. The number of rotatable bonds is 7. The summed E-state index contributed by atoms with van der Waals surface area (Å²) in [6.07, 6.45) is 0.317. The van der Waals surface area contributed by atoms with E-state index in [9.17, 15) is 14.4 Å². The molecule has 33 heavy (non-hydrogen) atoms. The van der Waals surface area contributed by atoms with Crippen LogP contribution < -0.4 is 10.6 Å². The highest BCUT2D eigenvalue weighted by Crippen LogP contribution is 2.44. The van der Waals surface area contributed by atoms with E-state index in [-0.39, 0.29) is 36.4 Å². The molecule has 0 atom stereocenters. The first-order valence-electron chi connectivity index (χ1n) is 10.6. The van der Waals surface area contributed by atoms with Crippen LogP contribution in [0.5, 0.6) is 0 Å². The van der Waals surface area contributed by atoms with Crippen LogP contribution in [0.2, 0.25) is 0 Å². The molecule has 2 aliphatic carbocycles. The van der Waals surface area contributed by atoms with Gasteiger partial charge in [-0.25, -0.2) is 9.59 Å². The Morgan fingerprint density at radius 3 is 2.27 bits per heavy atom. The number of benzene rings is 2. The molecule has 2 aromatic carbocycles. The zero-order valence-corrected chi connectivity index (χ0v) is 17.5. The van der Waals surface area contributed by atoms with Crippen LogP contribution in [-0.4, -0.2) is 40.4 Å². The summed E-state index contributed by atoms with van der Waals surface area (Å²) in [5.41, 5.74) is 3.23. The van der Waals surface area contributed by atoms with Gasteiger partial charge in [-0.1, -0.05) is 53.7 Å². The van der Waals surface area contributed by atoms with Crippen LogP contribution in [0, 0.1) is 0 Å². The van der Waals surface area contributed by atoms with Gasteiger partial charge in [0.1, 0.15) is 12.1 Å². The summed E-state index contributed by atoms with van der Waals surface area (Å²) in [7, 11) is 0. The summed E-state index contributed by atoms with van der Waals surface area (Å²) in [4.78, 5) is 36.0. The molecule has 2 aliphatic rings. The number of carboxylic acids is 1. The predicted octanol–water partition coefficient (Wildman–Crippen LogP) is 3.06. The monoisotopic (exact) mass is 447 g/mol. The number of alkyl carbamates (subject to hydrolysis) is 1. The molecule has 9 heteroatoms. The van der Waals surface area contributed by atoms with Crippen LogP contribution in [0.1, 0.15) is 46.1 Å². The summed E-state index contributed by atoms with van der Waals surface area (Å²) in [5.74, 6) is -1.46. The number of fused-ring (bicyclic) bond motifs is 3. The van der Waals surface area contributed by atoms with Gasteiger partial charge in [0.25, 0.3) is 0 Å². The summed E-state index contributed by atoms with van der Waals surface area (Å²) in [6, 6.07) is 17.3. The van der Waals surface area contributed by atoms with E-state index in [0.717, 1.165) is 22.3 Å². The van der Waals surface area contributed by atoms with E-state index in [0.29, 0.717) is 12.8 Å². The van der Waals surface area contributed by atoms with Gasteiger partial charge in [-0.05, 0) is 35.1 Å². The van der Waals surface area contributed by atoms with E-state index in [1.165, 1.54) is 6.07 Å². The minimum absolute atomic E-state index is 0.0345. The molecule has 5 rings (SSSR count). The second-order valence-corrected chi connectivity index (χ2v) is 8.20. The minimum atomic E-state index is -1.22. The van der Waals surface area contributed by atoms with Gasteiger partial charge in [-0.15, -0.1) is 0 Å². The Balaban J connectivity index is 1.18. The molecule has 1 aromatic heterocycles. The third-order valence-corrected chi connectivity index (χ3v) is 6.07. The van der Waals surface area contributed by atoms with Crippen LogP contribution in [0.3, 0.4) is 0 Å². The van der Waals surface area contributed by atoms with Crippen molar-refractivity contribution in [1.82, 2.24) is 15.8 Å². The Kier molecular flexibility index (Phi) is 5.08. The molecular weight excluding hydrogens is 426 g/mol. The lowest BCUT2D eigenvalue weighted by molar-refractivity contribution is -0.124. The molecule has 1 fully saturated rings. The molecule has 0 bridgehead atoms. The second-order valence-electron chi connectivity index (χ2n) is 8.20. The first kappa shape index (κ1) is 20.7. The number of nitrogens with zero attached hydrogens (tertiary/aromatic N) is 1. The van der Waals surface area contributed by atoms with Gasteiger partial charge in [0.15, 0.2) is 11.5 Å². The fourth-order valence-corrected chi connectivity index (χ4v) is 4.20. The Labute approximate surface area is 188 Å². The molecule has 2 amide bonds. The Morgan fingerprint density at radius 1 is 1.06 bits per heavy atom. The van der Waals surface area contributed by atoms with Gasteiger partial charge < -0.3 is 25.0 Å². The van der Waals surface area contributed by atoms with Crippen LogP contribution in [0.4, 0.5) is 4.79 Å². The second kappa shape index (κ2) is 8.09. The van der Waals surface area contributed by atoms with Crippen molar-refractivity contribution < 1.29 is 28.8 Å². The largest absolute Gasteiger partial charge is 0.476 e. The average Bonchev–Trinajstić information content (AvgIpc) is 3.31. The third-order valence-electron chi connectivity index (χ3n) is 6.07. The van der Waals surface area contributed by atoms with Crippen LogP contribution >= 0.6 is 0 Å². The number of amides is 2. The number of aromatic carboxylic acids is 1. The molecule has 3 N–H and O–H groups in total. The van der Waals surface area contributed by atoms with Crippen molar-refractivity contribution >= 4 is 18.0 Å². The third kappa shape index (κ3) is 3.93. The number of aromatic nitrogens is 1. The van der Waals surface area contributed by atoms with Crippen molar-refractivity contribution in [2.45, 2.75) is 30.8 Å². The number of carboxylic acid groups (broad SMARTS) is 1. The van der Waals surface area contributed by atoms with E-state index in [4.69, 9.17) is 14.4 Å². The van der Waals surface area contributed by atoms with Gasteiger partial charge in [0.2, 0.25) is 5.91 Å². The Morgan fingerprint density at radius 2 is 1.70 bits per heavy atom. The smallest absolute Gasteiger partial charge is 0.408 e. The molecule has 3 aromatic rings. The van der Waals surface area contributed by atoms with E-state index in [1.54, 1.807) is 0 Å². The molecule has 9 nitrogen and oxygen atoms in total. The van der Waals surface area contributed by atoms with E-state index >= 15 is 0 Å². The topological polar surface area (TPSA) is 131 Å². The molecule has 1 saturated carbocycles. The lowest BCUT2D eigenvalue weighted by atomic mass is 9.98. The van der Waals surface area contributed by atoms with Crippen LogP contribution in [-0.2, 0) is 16.1 Å². The summed E-state index contributed by atoms with van der Waals surface area (Å²) >= 11 is 0. The standard InChI is InChI=1S/C24H21N3O6/c28-21(29)20-11-14(33-27-20)12-25-22(30)24(9-10-24)26-23(31)32-13-19-17-7-3-1-5-15(17)16-6-2-4-8-18(16)19/h1-8,11,19H,9-10,12-13H2,(H,25,30)(H,26,31)(H,28,29). The fraction of sp³-hybridized carbons (Fsp3) is 0.250. The zero-order valence-electron chi connectivity index (χ0n) is 17.5. The zero-order chi connectivity index (χ0) is 23.0. The van der Waals surface area contributed by atoms with Crippen molar-refractivity contribution in [1.29, 1.82) is 0 Å². The number of hydrogen-bond donors (Lipinski definition) is 3. The first-order valence-corrected chi connectivity index (χ1v) is 10.6. The number of nitrogens with one attached hydrogen (secondary N) is 2. The van der Waals surface area contributed by atoms with Gasteiger partial charge >= 0.3 is 12.1 Å². The molecule has 0 unspecified atom stereocenters. The van der Waals surface area contributed by atoms with E-state index < -0.39 is 17.6 Å². The molecular formula is C24H21N3O6. The average molecular weight is 447 g/mol. The van der Waals surface area contributed by atoms with Gasteiger partial charge in [0, 0.05) is 12.0 Å². The van der Waals surface area contributed by atoms with Gasteiger partial charge in [-0.3, -0.25) is 4.79 Å². The molecule has 168 valence electrons. The Hall–Kier alpha value is -4.14. The Bertz CT molecular complexity index is 1200. The normalized spacial score (nSPS) is 15.3.